The zero-order valence-corrected chi connectivity index (χ0v) is 18.4. The number of pyridine rings is 1. The number of nitrogens with two attached hydrogens (primary N) is 1. The van der Waals surface area contributed by atoms with Crippen LogP contribution in [0.3, 0.4) is 0 Å². The maximum atomic E-state index is 12.5. The van der Waals surface area contributed by atoms with Crippen LogP contribution >= 0.6 is 11.8 Å². The molecule has 5 rings (SSSR count). The van der Waals surface area contributed by atoms with E-state index in [-0.39, 0.29) is 0 Å². The van der Waals surface area contributed by atoms with Crippen LogP contribution in [0.5, 0.6) is 11.5 Å². The Morgan fingerprint density at radius 3 is 2.75 bits per heavy atom. The lowest BCUT2D eigenvalue weighted by molar-refractivity contribution is -0.586. The number of fused-ring (bicyclic) bond motifs is 1. The van der Waals surface area contributed by atoms with Gasteiger partial charge in [0, 0.05) is 26.8 Å². The molecule has 0 bridgehead atoms. The molecule has 2 aromatic heterocycles. The fraction of sp³-hybridized carbons (Fsp3) is 0.200. The van der Waals surface area contributed by atoms with Gasteiger partial charge < -0.3 is 15.7 Å². The van der Waals surface area contributed by atoms with E-state index in [1.165, 1.54) is 24.2 Å². The number of amides is 1. The molecule has 6 nitrogen and oxygen atoms in total. The minimum absolute atomic E-state index is 0.386. The third-order valence-electron chi connectivity index (χ3n) is 5.83. The van der Waals surface area contributed by atoms with Crippen LogP contribution in [0.1, 0.15) is 35.3 Å². The molecule has 1 saturated carbocycles. The fourth-order valence-electron chi connectivity index (χ4n) is 3.89. The Morgan fingerprint density at radius 1 is 1.16 bits per heavy atom. The van der Waals surface area contributed by atoms with Crippen LogP contribution in [0.15, 0.2) is 65.7 Å². The van der Waals surface area contributed by atoms with Crippen LogP contribution in [-0.2, 0) is 0 Å². The second-order valence-corrected chi connectivity index (χ2v) is 9.43. The number of ether oxygens (including phenoxy) is 1. The quantitative estimate of drug-likeness (QED) is 0.310. The SMILES string of the molecule is Cc1cc(-c2cc(SC3CCC3)ccc2Oc2cccc(C(N)=O)c2)c2cc[nH]c2[n+]1[O-]. The molecule has 0 atom stereocenters. The van der Waals surface area contributed by atoms with E-state index < -0.39 is 5.91 Å². The van der Waals surface area contributed by atoms with E-state index in [0.29, 0.717) is 33.7 Å². The first kappa shape index (κ1) is 20.5. The van der Waals surface area contributed by atoms with Crippen molar-refractivity contribution in [1.29, 1.82) is 0 Å². The molecule has 1 aliphatic carbocycles. The van der Waals surface area contributed by atoms with Crippen molar-refractivity contribution in [1.82, 2.24) is 4.98 Å². The number of nitrogens with zero attached hydrogens (tertiary/aromatic N) is 1. The summed E-state index contributed by atoms with van der Waals surface area (Å²) in [7, 11) is 0. The van der Waals surface area contributed by atoms with Crippen LogP contribution < -0.4 is 15.2 Å². The Balaban J connectivity index is 1.63. The summed E-state index contributed by atoms with van der Waals surface area (Å²) in [6.07, 6.45) is 5.53. The van der Waals surface area contributed by atoms with Crippen LogP contribution in [0, 0.1) is 12.1 Å². The highest BCUT2D eigenvalue weighted by Crippen LogP contribution is 2.42. The van der Waals surface area contributed by atoms with Gasteiger partial charge in [0.05, 0.1) is 11.6 Å². The molecule has 0 unspecified atom stereocenters. The normalized spacial score (nSPS) is 13.8. The first-order chi connectivity index (χ1) is 15.5. The number of thioether (sulfide) groups is 1. The Kier molecular flexibility index (Phi) is 5.27. The molecule has 0 aliphatic heterocycles. The van der Waals surface area contributed by atoms with Crippen molar-refractivity contribution >= 4 is 28.7 Å². The van der Waals surface area contributed by atoms with Gasteiger partial charge in [0.1, 0.15) is 17.2 Å². The Bertz CT molecular complexity index is 1330. The average molecular weight is 446 g/mol. The lowest BCUT2D eigenvalue weighted by Gasteiger charge is -2.25. The fourth-order valence-corrected chi connectivity index (χ4v) is 5.18. The summed E-state index contributed by atoms with van der Waals surface area (Å²) in [6, 6.07) is 16.8. The number of primary amides is 1. The number of H-pyrrole nitrogens is 1. The van der Waals surface area contributed by atoms with Crippen LogP contribution in [0.4, 0.5) is 0 Å². The molecule has 1 amide bonds. The number of carbonyl (C=O) groups is 1. The molecule has 2 heterocycles. The van der Waals surface area contributed by atoms with Gasteiger partial charge in [-0.1, -0.05) is 12.5 Å². The molecule has 0 spiro atoms. The number of benzene rings is 2. The molecule has 1 fully saturated rings. The second kappa shape index (κ2) is 8.24. The molecule has 3 N–H and O–H groups in total. The molecule has 162 valence electrons. The van der Waals surface area contributed by atoms with Gasteiger partial charge in [-0.05, 0) is 68.3 Å². The lowest BCUT2D eigenvalue weighted by atomic mass is 10.00. The van der Waals surface area contributed by atoms with Crippen molar-refractivity contribution in [3.8, 4) is 22.6 Å². The summed E-state index contributed by atoms with van der Waals surface area (Å²) in [5.74, 6) is 0.671. The van der Waals surface area contributed by atoms with E-state index in [2.05, 4.69) is 17.1 Å². The highest BCUT2D eigenvalue weighted by Gasteiger charge is 2.21. The van der Waals surface area contributed by atoms with Gasteiger partial charge in [0.25, 0.3) is 5.65 Å². The van der Waals surface area contributed by atoms with E-state index >= 15 is 0 Å². The summed E-state index contributed by atoms with van der Waals surface area (Å²) in [6.45, 7) is 1.79. The van der Waals surface area contributed by atoms with E-state index in [4.69, 9.17) is 10.5 Å². The average Bonchev–Trinajstić information content (AvgIpc) is 3.25. The molecule has 32 heavy (non-hydrogen) atoms. The predicted octanol–water partition coefficient (Wildman–Crippen LogP) is 5.31. The highest BCUT2D eigenvalue weighted by molar-refractivity contribution is 8.00. The molecular weight excluding hydrogens is 422 g/mol. The van der Waals surface area contributed by atoms with Gasteiger partial charge in [-0.3, -0.25) is 4.79 Å². The minimum atomic E-state index is -0.504. The zero-order chi connectivity index (χ0) is 22.2. The monoisotopic (exact) mass is 445 g/mol. The predicted molar refractivity (Wildman–Crippen MR) is 126 cm³/mol. The number of aromatic amines is 1. The third-order valence-corrected chi connectivity index (χ3v) is 7.17. The summed E-state index contributed by atoms with van der Waals surface area (Å²) in [5, 5.41) is 14.0. The topological polar surface area (TPSA) is 95.0 Å². The second-order valence-electron chi connectivity index (χ2n) is 8.06. The number of hydrogen-bond acceptors (Lipinski definition) is 4. The van der Waals surface area contributed by atoms with E-state index in [9.17, 15) is 10.0 Å². The van der Waals surface area contributed by atoms with Crippen molar-refractivity contribution in [3.63, 3.8) is 0 Å². The maximum absolute atomic E-state index is 12.5. The largest absolute Gasteiger partial charge is 0.710 e. The molecule has 1 aliphatic rings. The van der Waals surface area contributed by atoms with Crippen molar-refractivity contribution in [2.75, 3.05) is 0 Å². The summed E-state index contributed by atoms with van der Waals surface area (Å²) >= 11 is 1.88. The number of nitrogens with one attached hydrogen (secondary N) is 1. The van der Waals surface area contributed by atoms with Gasteiger partial charge in [-0.15, -0.1) is 11.8 Å². The first-order valence-corrected chi connectivity index (χ1v) is 11.5. The Morgan fingerprint density at radius 2 is 2.00 bits per heavy atom. The van der Waals surface area contributed by atoms with Crippen molar-refractivity contribution in [2.45, 2.75) is 36.3 Å². The lowest BCUT2D eigenvalue weighted by Crippen LogP contribution is -2.31. The summed E-state index contributed by atoms with van der Waals surface area (Å²) in [5.41, 5.74) is 8.74. The molecule has 0 saturated heterocycles. The minimum Gasteiger partial charge on any atom is -0.710 e. The van der Waals surface area contributed by atoms with Gasteiger partial charge in [0.15, 0.2) is 0 Å². The van der Waals surface area contributed by atoms with E-state index in [0.717, 1.165) is 21.2 Å². The molecular formula is C25H23N3O3S. The van der Waals surface area contributed by atoms with E-state index in [1.807, 2.05) is 30.0 Å². The van der Waals surface area contributed by atoms with Crippen molar-refractivity contribution < 1.29 is 14.3 Å². The smallest absolute Gasteiger partial charge is 0.290 e. The van der Waals surface area contributed by atoms with Crippen LogP contribution in [-0.4, -0.2) is 16.1 Å². The standard InChI is InChI=1S/C25H23N3O3S/c1-15-12-21(20-10-11-27-25(20)28(15)30)22-14-19(32-18-6-3-7-18)8-9-23(22)31-17-5-2-4-16(13-17)24(26)29/h2,4-5,8-14,18,27H,3,6-7H2,1H3,(H2,26,29). The number of carbonyl (C=O) groups excluding carboxylic acids is 1. The molecule has 0 radical (unpaired) electrons. The highest BCUT2D eigenvalue weighted by atomic mass is 32.2. The molecule has 7 heteroatoms. The van der Waals surface area contributed by atoms with Crippen molar-refractivity contribution in [2.24, 2.45) is 5.73 Å². The van der Waals surface area contributed by atoms with Crippen LogP contribution in [0.25, 0.3) is 22.2 Å². The number of aryl methyl sites for hydroxylation is 1. The van der Waals surface area contributed by atoms with Gasteiger partial charge in [-0.25, -0.2) is 9.71 Å². The van der Waals surface area contributed by atoms with Gasteiger partial charge in [0.2, 0.25) is 5.91 Å². The molecule has 4 aromatic rings. The van der Waals surface area contributed by atoms with E-state index in [1.54, 1.807) is 37.4 Å². The molecule has 2 aromatic carbocycles. The summed E-state index contributed by atoms with van der Waals surface area (Å²) in [4.78, 5) is 15.8. The zero-order valence-electron chi connectivity index (χ0n) is 17.6. The number of aromatic nitrogens is 2. The number of rotatable bonds is 6. The summed E-state index contributed by atoms with van der Waals surface area (Å²) < 4.78 is 7.14. The van der Waals surface area contributed by atoms with Gasteiger partial charge in [-0.2, -0.15) is 0 Å². The first-order valence-electron chi connectivity index (χ1n) is 10.6. The third kappa shape index (κ3) is 3.80. The Labute approximate surface area is 190 Å². The van der Waals surface area contributed by atoms with Gasteiger partial charge >= 0.3 is 0 Å². The van der Waals surface area contributed by atoms with Crippen molar-refractivity contribution in [3.05, 3.63) is 77.3 Å². The number of hydrogen-bond donors (Lipinski definition) is 2. The maximum Gasteiger partial charge on any atom is 0.290 e. The van der Waals surface area contributed by atoms with Crippen LogP contribution in [0.2, 0.25) is 0 Å². The Hall–Kier alpha value is -3.45.